The summed E-state index contributed by atoms with van der Waals surface area (Å²) in [7, 11) is 0. The molecule has 28 heavy (non-hydrogen) atoms. The highest BCUT2D eigenvalue weighted by Crippen LogP contribution is 2.25. The maximum absolute atomic E-state index is 12.5. The first-order valence-electron chi connectivity index (χ1n) is 10.5. The Labute approximate surface area is 166 Å². The molecule has 0 spiro atoms. The molecule has 2 aromatic heterocycles. The third-order valence-corrected chi connectivity index (χ3v) is 6.08. The number of hydrogen-bond donors (Lipinski definition) is 1. The number of hydrogen-bond acceptors (Lipinski definition) is 6. The molecular weight excluding hydrogens is 352 g/mol. The average molecular weight is 383 g/mol. The summed E-state index contributed by atoms with van der Waals surface area (Å²) in [6.45, 7) is 9.78. The van der Waals surface area contributed by atoms with Crippen LogP contribution in [-0.2, 0) is 4.79 Å². The molecule has 0 saturated carbocycles. The number of pyridine rings is 1. The summed E-state index contributed by atoms with van der Waals surface area (Å²) in [5, 5.41) is 3.14. The van der Waals surface area contributed by atoms with Crippen molar-refractivity contribution in [3.05, 3.63) is 23.7 Å². The summed E-state index contributed by atoms with van der Waals surface area (Å²) in [6, 6.07) is 2.07. The van der Waals surface area contributed by atoms with Crippen LogP contribution in [0.15, 0.2) is 12.3 Å². The van der Waals surface area contributed by atoms with Gasteiger partial charge in [-0.25, -0.2) is 15.0 Å². The molecule has 7 nitrogen and oxygen atoms in total. The maximum Gasteiger partial charge on any atom is 0.223 e. The van der Waals surface area contributed by atoms with Gasteiger partial charge in [-0.05, 0) is 58.7 Å². The number of carbonyl (C=O) groups excluding carboxylic acids is 1. The lowest BCUT2D eigenvalue weighted by molar-refractivity contribution is -0.125. The van der Waals surface area contributed by atoms with Crippen LogP contribution >= 0.6 is 0 Å². The van der Waals surface area contributed by atoms with Crippen LogP contribution in [0.4, 0.5) is 5.69 Å². The topological polar surface area (TPSA) is 74.2 Å². The molecule has 4 rings (SSSR count). The highest BCUT2D eigenvalue weighted by Gasteiger charge is 2.25. The van der Waals surface area contributed by atoms with Gasteiger partial charge in [-0.1, -0.05) is 0 Å². The van der Waals surface area contributed by atoms with E-state index in [1.807, 2.05) is 20.0 Å². The average Bonchev–Trinajstić information content (AvgIpc) is 3.22. The number of aryl methyl sites for hydroxylation is 2. The highest BCUT2D eigenvalue weighted by molar-refractivity contribution is 5.79. The van der Waals surface area contributed by atoms with Gasteiger partial charge in [-0.15, -0.1) is 0 Å². The number of rotatable bonds is 5. The Kier molecular flexibility index (Phi) is 5.71. The van der Waals surface area contributed by atoms with Gasteiger partial charge in [0.1, 0.15) is 5.52 Å². The van der Waals surface area contributed by atoms with Crippen molar-refractivity contribution >= 4 is 22.8 Å². The smallest absolute Gasteiger partial charge is 0.223 e. The van der Waals surface area contributed by atoms with Crippen LogP contribution in [0.2, 0.25) is 0 Å². The number of likely N-dealkylation sites (tertiary alicyclic amines) is 1. The first-order chi connectivity index (χ1) is 13.6. The summed E-state index contributed by atoms with van der Waals surface area (Å²) in [5.41, 5.74) is 4.46. The summed E-state index contributed by atoms with van der Waals surface area (Å²) in [4.78, 5) is 30.8. The van der Waals surface area contributed by atoms with Gasteiger partial charge in [-0.2, -0.15) is 0 Å². The van der Waals surface area contributed by atoms with Gasteiger partial charge in [0.05, 0.1) is 23.3 Å². The van der Waals surface area contributed by atoms with Crippen molar-refractivity contribution in [1.29, 1.82) is 0 Å². The number of nitrogens with one attached hydrogen (secondary N) is 1. The Morgan fingerprint density at radius 1 is 1.11 bits per heavy atom. The van der Waals surface area contributed by atoms with E-state index < -0.39 is 0 Å². The minimum atomic E-state index is 0.118. The van der Waals surface area contributed by atoms with Crippen LogP contribution in [0.3, 0.4) is 0 Å². The molecule has 2 aliphatic rings. The Hall–Kier alpha value is -2.28. The molecule has 7 heteroatoms. The van der Waals surface area contributed by atoms with Gasteiger partial charge in [0.25, 0.3) is 0 Å². The van der Waals surface area contributed by atoms with E-state index >= 15 is 0 Å². The van der Waals surface area contributed by atoms with Gasteiger partial charge in [0, 0.05) is 32.1 Å². The summed E-state index contributed by atoms with van der Waals surface area (Å²) in [6.07, 6.45) is 6.22. The van der Waals surface area contributed by atoms with Crippen molar-refractivity contribution in [3.8, 4) is 0 Å². The summed E-state index contributed by atoms with van der Waals surface area (Å²) >= 11 is 0. The Bertz CT molecular complexity index is 840. The number of carbonyl (C=O) groups is 1. The second-order valence-electron chi connectivity index (χ2n) is 8.03. The van der Waals surface area contributed by atoms with Crippen LogP contribution in [0.1, 0.15) is 37.1 Å². The molecule has 0 aromatic carbocycles. The molecule has 0 radical (unpaired) electrons. The first kappa shape index (κ1) is 19.1. The van der Waals surface area contributed by atoms with Gasteiger partial charge in [0.2, 0.25) is 5.91 Å². The molecule has 1 amide bonds. The third-order valence-electron chi connectivity index (χ3n) is 6.08. The fourth-order valence-corrected chi connectivity index (χ4v) is 4.17. The predicted molar refractivity (Wildman–Crippen MR) is 110 cm³/mol. The lowest BCUT2D eigenvalue weighted by Gasteiger charge is -2.33. The quantitative estimate of drug-likeness (QED) is 0.853. The molecule has 1 N–H and O–H groups in total. The van der Waals surface area contributed by atoms with Gasteiger partial charge in [0.15, 0.2) is 5.65 Å². The van der Waals surface area contributed by atoms with E-state index in [0.717, 1.165) is 61.6 Å². The number of anilines is 1. The lowest BCUT2D eigenvalue weighted by atomic mass is 9.95. The third kappa shape index (κ3) is 4.24. The number of piperidine rings is 1. The second kappa shape index (κ2) is 8.39. The molecule has 0 unspecified atom stereocenters. The minimum Gasteiger partial charge on any atom is -0.370 e. The van der Waals surface area contributed by atoms with Crippen molar-refractivity contribution in [3.63, 3.8) is 0 Å². The second-order valence-corrected chi connectivity index (χ2v) is 8.03. The van der Waals surface area contributed by atoms with E-state index in [4.69, 9.17) is 0 Å². The van der Waals surface area contributed by atoms with Gasteiger partial charge in [-0.3, -0.25) is 4.79 Å². The fraction of sp³-hybridized carbons (Fsp3) is 0.619. The molecule has 2 aromatic rings. The van der Waals surface area contributed by atoms with Crippen LogP contribution in [0.5, 0.6) is 0 Å². The lowest BCUT2D eigenvalue weighted by Crippen LogP contribution is -2.42. The molecular formula is C21H30N6O. The fourth-order valence-electron chi connectivity index (χ4n) is 4.17. The SMILES string of the molecule is Cc1nc2cc(N3CCC(C(=O)NCCN4CCCC4)CC3)cnc2nc1C. The zero-order valence-corrected chi connectivity index (χ0v) is 16.9. The van der Waals surface area contributed by atoms with Crippen molar-refractivity contribution in [2.24, 2.45) is 5.92 Å². The van der Waals surface area contributed by atoms with E-state index in [1.165, 1.54) is 25.9 Å². The molecule has 2 fully saturated rings. The van der Waals surface area contributed by atoms with Crippen molar-refractivity contribution in [2.75, 3.05) is 44.2 Å². The molecule has 150 valence electrons. The van der Waals surface area contributed by atoms with Crippen LogP contribution in [0.25, 0.3) is 11.2 Å². The Balaban J connectivity index is 1.30. The molecule has 4 heterocycles. The minimum absolute atomic E-state index is 0.118. The first-order valence-corrected chi connectivity index (χ1v) is 10.5. The molecule has 2 aliphatic heterocycles. The predicted octanol–water partition coefficient (Wildman–Crippen LogP) is 2.07. The van der Waals surface area contributed by atoms with Gasteiger partial charge >= 0.3 is 0 Å². The Morgan fingerprint density at radius 2 is 1.82 bits per heavy atom. The highest BCUT2D eigenvalue weighted by atomic mass is 16.1. The monoisotopic (exact) mass is 382 g/mol. The van der Waals surface area contributed by atoms with Crippen molar-refractivity contribution < 1.29 is 4.79 Å². The summed E-state index contributed by atoms with van der Waals surface area (Å²) < 4.78 is 0. The number of nitrogens with zero attached hydrogens (tertiary/aromatic N) is 5. The number of fused-ring (bicyclic) bond motifs is 1. The number of aromatic nitrogens is 3. The molecule has 0 bridgehead atoms. The van der Waals surface area contributed by atoms with Crippen molar-refractivity contribution in [2.45, 2.75) is 39.5 Å². The van der Waals surface area contributed by atoms with E-state index in [1.54, 1.807) is 0 Å². The largest absolute Gasteiger partial charge is 0.370 e. The molecule has 2 saturated heterocycles. The van der Waals surface area contributed by atoms with Crippen LogP contribution in [0, 0.1) is 19.8 Å². The zero-order chi connectivity index (χ0) is 19.5. The van der Waals surface area contributed by atoms with Gasteiger partial charge < -0.3 is 15.1 Å². The van der Waals surface area contributed by atoms with E-state index in [9.17, 15) is 4.79 Å². The number of amides is 1. The standard InChI is InChI=1S/C21H30N6O/c1-15-16(2)25-20-19(24-15)13-18(14-23-20)27-10-5-17(6-11-27)21(28)22-7-12-26-8-3-4-9-26/h13-14,17H,3-12H2,1-2H3,(H,22,28). The zero-order valence-electron chi connectivity index (χ0n) is 16.9. The van der Waals surface area contributed by atoms with Crippen LogP contribution < -0.4 is 10.2 Å². The normalized spacial score (nSPS) is 18.7. The maximum atomic E-state index is 12.5. The van der Waals surface area contributed by atoms with E-state index in [0.29, 0.717) is 5.65 Å². The Morgan fingerprint density at radius 3 is 2.57 bits per heavy atom. The van der Waals surface area contributed by atoms with Crippen LogP contribution in [-0.4, -0.2) is 65.0 Å². The molecule has 0 aliphatic carbocycles. The van der Waals surface area contributed by atoms with E-state index in [-0.39, 0.29) is 11.8 Å². The van der Waals surface area contributed by atoms with Crippen molar-refractivity contribution in [1.82, 2.24) is 25.2 Å². The molecule has 0 atom stereocenters. The van der Waals surface area contributed by atoms with E-state index in [2.05, 4.69) is 36.1 Å². The summed E-state index contributed by atoms with van der Waals surface area (Å²) in [5.74, 6) is 0.334.